The summed E-state index contributed by atoms with van der Waals surface area (Å²) in [6.07, 6.45) is 13.9. The second-order valence-electron chi connectivity index (χ2n) is 14.5. The van der Waals surface area contributed by atoms with Crippen molar-refractivity contribution in [3.05, 3.63) is 66.0 Å². The highest BCUT2D eigenvalue weighted by atomic mass is 16.6. The van der Waals surface area contributed by atoms with Gasteiger partial charge in [0, 0.05) is 42.9 Å². The Kier molecular flexibility index (Phi) is 11.4. The summed E-state index contributed by atoms with van der Waals surface area (Å²) in [7, 11) is 1.72. The molecule has 3 fully saturated rings. The largest absolute Gasteiger partial charge is 0.496 e. The van der Waals surface area contributed by atoms with Crippen LogP contribution in [0.25, 0.3) is 11.1 Å². The number of aryl methyl sites for hydroxylation is 1. The normalized spacial score (nSPS) is 22.3. The number of ketones is 1. The van der Waals surface area contributed by atoms with E-state index < -0.39 is 6.09 Å². The lowest BCUT2D eigenvalue weighted by Crippen LogP contribution is -2.42. The van der Waals surface area contributed by atoms with Crippen molar-refractivity contribution < 1.29 is 23.9 Å². The van der Waals surface area contributed by atoms with Gasteiger partial charge in [0.1, 0.15) is 17.6 Å². The highest BCUT2D eigenvalue weighted by Crippen LogP contribution is 2.40. The van der Waals surface area contributed by atoms with Gasteiger partial charge >= 0.3 is 6.09 Å². The second kappa shape index (κ2) is 16.0. The number of rotatable bonds is 13. The van der Waals surface area contributed by atoms with Gasteiger partial charge in [-0.1, -0.05) is 24.3 Å². The van der Waals surface area contributed by atoms with Crippen LogP contribution in [0.4, 0.5) is 10.5 Å². The third-order valence-electron chi connectivity index (χ3n) is 10.7. The van der Waals surface area contributed by atoms with E-state index in [1.54, 1.807) is 14.0 Å². The van der Waals surface area contributed by atoms with Gasteiger partial charge in [0.05, 0.1) is 19.3 Å². The predicted molar refractivity (Wildman–Crippen MR) is 191 cm³/mol. The number of nitrogens with one attached hydrogen (secondary N) is 1. The first-order valence-corrected chi connectivity index (χ1v) is 18.3. The molecule has 262 valence electrons. The Balaban J connectivity index is 1.11. The van der Waals surface area contributed by atoms with Crippen LogP contribution in [0.15, 0.2) is 54.9 Å². The minimum absolute atomic E-state index is 0.111. The molecule has 0 saturated heterocycles. The van der Waals surface area contributed by atoms with Gasteiger partial charge in [0.15, 0.2) is 0 Å². The van der Waals surface area contributed by atoms with E-state index in [1.807, 2.05) is 6.20 Å². The molecule has 3 aromatic rings. The van der Waals surface area contributed by atoms with E-state index in [-0.39, 0.29) is 23.7 Å². The van der Waals surface area contributed by atoms with Crippen molar-refractivity contribution in [2.45, 2.75) is 109 Å². The van der Waals surface area contributed by atoms with Crippen molar-refractivity contribution >= 4 is 23.5 Å². The predicted octanol–water partition coefficient (Wildman–Crippen LogP) is 8.16. The van der Waals surface area contributed by atoms with Crippen LogP contribution in [0.2, 0.25) is 0 Å². The van der Waals surface area contributed by atoms with Crippen LogP contribution in [-0.4, -0.2) is 53.9 Å². The fourth-order valence-electron chi connectivity index (χ4n) is 7.66. The fourth-order valence-corrected chi connectivity index (χ4v) is 7.66. The van der Waals surface area contributed by atoms with Gasteiger partial charge in [-0.15, -0.1) is 0 Å². The number of carbonyl (C=O) groups is 3. The van der Waals surface area contributed by atoms with Crippen LogP contribution in [0.5, 0.6) is 5.75 Å². The number of ether oxygens (including phenoxy) is 2. The molecule has 9 nitrogen and oxygen atoms in total. The molecule has 3 aliphatic rings. The van der Waals surface area contributed by atoms with Crippen LogP contribution in [0.3, 0.4) is 0 Å². The molecule has 0 atom stereocenters. The van der Waals surface area contributed by atoms with Crippen molar-refractivity contribution in [3.8, 4) is 16.9 Å². The first kappa shape index (κ1) is 34.7. The Hall–Kier alpha value is -4.14. The van der Waals surface area contributed by atoms with Crippen LogP contribution in [0, 0.1) is 18.8 Å². The lowest BCUT2D eigenvalue weighted by Gasteiger charge is -2.36. The quantitative estimate of drug-likeness (QED) is 0.184. The van der Waals surface area contributed by atoms with Crippen LogP contribution >= 0.6 is 0 Å². The maximum atomic E-state index is 14.4. The summed E-state index contributed by atoms with van der Waals surface area (Å²) in [5.41, 5.74) is 5.65. The molecule has 0 bridgehead atoms. The molecule has 3 saturated carbocycles. The molecule has 49 heavy (non-hydrogen) atoms. The van der Waals surface area contributed by atoms with E-state index >= 15 is 0 Å². The van der Waals surface area contributed by atoms with Gasteiger partial charge in [0.2, 0.25) is 5.91 Å². The van der Waals surface area contributed by atoms with Gasteiger partial charge in [-0.3, -0.25) is 9.48 Å². The summed E-state index contributed by atoms with van der Waals surface area (Å²) in [5, 5.41) is 7.36. The molecule has 0 spiro atoms. The molecule has 0 unspecified atom stereocenters. The Labute approximate surface area is 290 Å². The molecule has 1 aromatic heterocycles. The maximum Gasteiger partial charge on any atom is 0.407 e. The summed E-state index contributed by atoms with van der Waals surface area (Å²) in [4.78, 5) is 40.0. The van der Waals surface area contributed by atoms with Crippen LogP contribution < -0.4 is 15.0 Å². The number of Topliss-reactive ketones (excluding diaryl/α,β-unsaturated/α-hetero) is 1. The summed E-state index contributed by atoms with van der Waals surface area (Å²) in [6, 6.07) is 15.5. The monoisotopic (exact) mass is 668 g/mol. The summed E-state index contributed by atoms with van der Waals surface area (Å²) in [5.74, 6) is 2.05. The number of hydrogen-bond acceptors (Lipinski definition) is 6. The molecule has 0 radical (unpaired) electrons. The number of benzene rings is 2. The first-order chi connectivity index (χ1) is 23.8. The SMILES string of the molecule is COc1ccc(C2CCC(CN(C(=O)C3CCC(OC(=O)NCCCC(C)=O)CC3)c3cccc(-c4cnn(C5CC5)c4)c3)CC2)cc1C. The molecule has 2 aromatic carbocycles. The molecule has 0 aliphatic heterocycles. The molecule has 1 N–H and O–H groups in total. The fraction of sp³-hybridized carbons (Fsp3) is 0.550. The lowest BCUT2D eigenvalue weighted by molar-refractivity contribution is -0.124. The molecule has 1 heterocycles. The summed E-state index contributed by atoms with van der Waals surface area (Å²) in [6.45, 7) is 4.78. The van der Waals surface area contributed by atoms with Crippen molar-refractivity contribution in [2.24, 2.45) is 11.8 Å². The van der Waals surface area contributed by atoms with Gasteiger partial charge in [-0.25, -0.2) is 4.79 Å². The zero-order valence-electron chi connectivity index (χ0n) is 29.4. The number of aromatic nitrogens is 2. The zero-order valence-corrected chi connectivity index (χ0v) is 29.4. The number of amides is 2. The highest BCUT2D eigenvalue weighted by molar-refractivity contribution is 5.95. The van der Waals surface area contributed by atoms with E-state index in [2.05, 4.69) is 75.6 Å². The smallest absolute Gasteiger partial charge is 0.407 e. The van der Waals surface area contributed by atoms with Crippen molar-refractivity contribution in [2.75, 3.05) is 25.1 Å². The number of alkyl carbamates (subject to hydrolysis) is 1. The second-order valence-corrected chi connectivity index (χ2v) is 14.5. The van der Waals surface area contributed by atoms with Crippen molar-refractivity contribution in [1.82, 2.24) is 15.1 Å². The average Bonchev–Trinajstić information content (AvgIpc) is 3.85. The Morgan fingerprint density at radius 2 is 1.71 bits per heavy atom. The number of nitrogens with zero attached hydrogens (tertiary/aromatic N) is 3. The Morgan fingerprint density at radius 1 is 0.939 bits per heavy atom. The Bertz CT molecular complexity index is 1600. The number of hydrogen-bond donors (Lipinski definition) is 1. The molecule has 6 rings (SSSR count). The van der Waals surface area contributed by atoms with Crippen molar-refractivity contribution in [3.63, 3.8) is 0 Å². The molecule has 9 heteroatoms. The molecule has 2 amide bonds. The summed E-state index contributed by atoms with van der Waals surface area (Å²) < 4.78 is 13.2. The van der Waals surface area contributed by atoms with E-state index in [0.717, 1.165) is 48.2 Å². The molecular weight excluding hydrogens is 616 g/mol. The Morgan fingerprint density at radius 3 is 2.41 bits per heavy atom. The van der Waals surface area contributed by atoms with Gasteiger partial charge in [-0.05, 0) is 131 Å². The minimum Gasteiger partial charge on any atom is -0.496 e. The lowest BCUT2D eigenvalue weighted by atomic mass is 9.78. The van der Waals surface area contributed by atoms with E-state index in [0.29, 0.717) is 69.5 Å². The molecule has 3 aliphatic carbocycles. The maximum absolute atomic E-state index is 14.4. The number of methoxy groups -OCH3 is 1. The molecular formula is C40H52N4O5. The third-order valence-corrected chi connectivity index (χ3v) is 10.7. The van der Waals surface area contributed by atoms with Gasteiger partial charge in [0.25, 0.3) is 0 Å². The zero-order chi connectivity index (χ0) is 34.3. The van der Waals surface area contributed by atoms with E-state index in [1.165, 1.54) is 24.0 Å². The van der Waals surface area contributed by atoms with Crippen LogP contribution in [-0.2, 0) is 14.3 Å². The standard InChI is InChI=1S/C40H52N4O5/c1-27-22-33(15-20-38(27)48-3)30-11-9-29(10-12-30)25-43(36-8-4-7-32(23-36)34-24-42-44(26-34)35-16-17-35)39(46)31-13-18-37(19-14-31)49-40(47)41-21-5-6-28(2)45/h4,7-8,15,20,22-24,26,29-31,35,37H,5-6,9-14,16-19,21,25H2,1-3H3,(H,41,47). The minimum atomic E-state index is -0.442. The first-order valence-electron chi connectivity index (χ1n) is 18.3. The summed E-state index contributed by atoms with van der Waals surface area (Å²) >= 11 is 0. The van der Waals surface area contributed by atoms with E-state index in [4.69, 9.17) is 9.47 Å². The van der Waals surface area contributed by atoms with Gasteiger partial charge < -0.3 is 24.5 Å². The van der Waals surface area contributed by atoms with Crippen LogP contribution in [0.1, 0.15) is 107 Å². The third kappa shape index (κ3) is 9.11. The number of carbonyl (C=O) groups excluding carboxylic acids is 3. The van der Waals surface area contributed by atoms with Gasteiger partial charge in [-0.2, -0.15) is 5.10 Å². The van der Waals surface area contributed by atoms with Crippen molar-refractivity contribution in [1.29, 1.82) is 0 Å². The highest BCUT2D eigenvalue weighted by Gasteiger charge is 2.34. The average molecular weight is 669 g/mol. The van der Waals surface area contributed by atoms with E-state index in [9.17, 15) is 14.4 Å². The number of anilines is 1. The topological polar surface area (TPSA) is 103 Å².